The van der Waals surface area contributed by atoms with Gasteiger partial charge < -0.3 is 5.32 Å². The first-order chi connectivity index (χ1) is 7.15. The summed E-state index contributed by atoms with van der Waals surface area (Å²) in [7, 11) is 2.03. The first-order valence-corrected chi connectivity index (χ1v) is 5.72. The summed E-state index contributed by atoms with van der Waals surface area (Å²) >= 11 is 0. The highest BCUT2D eigenvalue weighted by atomic mass is 14.9. The molecule has 1 N–H and O–H groups in total. The second-order valence-corrected chi connectivity index (χ2v) is 4.52. The molecule has 2 atom stereocenters. The van der Waals surface area contributed by atoms with Crippen LogP contribution in [0, 0.1) is 11.8 Å². The highest BCUT2D eigenvalue weighted by Crippen LogP contribution is 2.17. The number of hydrogen-bond donors (Lipinski definition) is 1. The molecular formula is C13H22N2. The highest BCUT2D eigenvalue weighted by Gasteiger charge is 2.18. The number of likely N-dealkylation sites (N-methyl/N-ethyl adjacent to an activating group) is 1. The van der Waals surface area contributed by atoms with Crippen molar-refractivity contribution < 1.29 is 0 Å². The highest BCUT2D eigenvalue weighted by molar-refractivity contribution is 5.05. The molecule has 2 unspecified atom stereocenters. The molecule has 0 aliphatic rings. The lowest BCUT2D eigenvalue weighted by Crippen LogP contribution is -2.36. The molecule has 1 aromatic rings. The molecular weight excluding hydrogens is 184 g/mol. The van der Waals surface area contributed by atoms with Crippen LogP contribution in [0.3, 0.4) is 0 Å². The fourth-order valence-corrected chi connectivity index (χ4v) is 1.76. The third-order valence-electron chi connectivity index (χ3n) is 3.21. The summed E-state index contributed by atoms with van der Waals surface area (Å²) in [5.74, 6) is 1.36. The smallest absolute Gasteiger partial charge is 0.0419 e. The molecule has 1 rings (SSSR count). The average molecular weight is 206 g/mol. The molecule has 1 heterocycles. The summed E-state index contributed by atoms with van der Waals surface area (Å²) in [4.78, 5) is 4.37. The molecule has 0 bridgehead atoms. The third-order valence-corrected chi connectivity index (χ3v) is 3.21. The predicted octanol–water partition coefficient (Wildman–Crippen LogP) is 2.50. The Bertz CT molecular complexity index is 269. The van der Waals surface area contributed by atoms with Gasteiger partial charge in [0.2, 0.25) is 0 Å². The van der Waals surface area contributed by atoms with Crippen LogP contribution in [0.2, 0.25) is 0 Å². The molecule has 0 aliphatic heterocycles. The van der Waals surface area contributed by atoms with E-state index in [1.807, 2.05) is 19.3 Å². The van der Waals surface area contributed by atoms with Crippen LogP contribution >= 0.6 is 0 Å². The van der Waals surface area contributed by atoms with Crippen molar-refractivity contribution >= 4 is 0 Å². The van der Waals surface area contributed by atoms with Gasteiger partial charge in [-0.1, -0.05) is 26.8 Å². The molecule has 0 saturated carbocycles. The first-order valence-electron chi connectivity index (χ1n) is 5.72. The van der Waals surface area contributed by atoms with Gasteiger partial charge in [-0.25, -0.2) is 0 Å². The number of hydrogen-bond acceptors (Lipinski definition) is 2. The van der Waals surface area contributed by atoms with E-state index in [1.165, 1.54) is 5.69 Å². The quantitative estimate of drug-likeness (QED) is 0.800. The minimum atomic E-state index is 0.514. The fraction of sp³-hybridized carbons (Fsp3) is 0.615. The van der Waals surface area contributed by atoms with E-state index in [-0.39, 0.29) is 0 Å². The van der Waals surface area contributed by atoms with Gasteiger partial charge in [0.15, 0.2) is 0 Å². The van der Waals surface area contributed by atoms with E-state index in [0.29, 0.717) is 17.9 Å². The molecule has 0 aliphatic carbocycles. The summed E-state index contributed by atoms with van der Waals surface area (Å²) in [6.07, 6.45) is 2.87. The molecule has 0 spiro atoms. The zero-order valence-electron chi connectivity index (χ0n) is 10.2. The van der Waals surface area contributed by atoms with Crippen LogP contribution in [0.25, 0.3) is 0 Å². The lowest BCUT2D eigenvalue weighted by molar-refractivity contribution is 0.308. The van der Waals surface area contributed by atoms with Crippen LogP contribution in [-0.2, 0) is 6.42 Å². The normalized spacial score (nSPS) is 15.3. The number of nitrogens with zero attached hydrogens (tertiary/aromatic N) is 1. The number of aromatic nitrogens is 1. The van der Waals surface area contributed by atoms with E-state index in [1.54, 1.807) is 0 Å². The maximum atomic E-state index is 4.37. The fourth-order valence-electron chi connectivity index (χ4n) is 1.76. The van der Waals surface area contributed by atoms with Gasteiger partial charge in [-0.15, -0.1) is 0 Å². The topological polar surface area (TPSA) is 24.9 Å². The Morgan fingerprint density at radius 2 is 2.00 bits per heavy atom. The molecule has 2 nitrogen and oxygen atoms in total. The second-order valence-electron chi connectivity index (χ2n) is 4.52. The van der Waals surface area contributed by atoms with Crippen molar-refractivity contribution in [2.24, 2.45) is 11.8 Å². The SMILES string of the molecule is CNC(Cc1ccccn1)C(C)C(C)C. The second kappa shape index (κ2) is 5.86. The molecule has 84 valence electrons. The Hall–Kier alpha value is -0.890. The van der Waals surface area contributed by atoms with Crippen molar-refractivity contribution in [2.45, 2.75) is 33.2 Å². The Balaban J connectivity index is 2.62. The molecule has 0 fully saturated rings. The van der Waals surface area contributed by atoms with Gasteiger partial charge in [-0.2, -0.15) is 0 Å². The van der Waals surface area contributed by atoms with Crippen molar-refractivity contribution in [3.05, 3.63) is 30.1 Å². The molecule has 15 heavy (non-hydrogen) atoms. The monoisotopic (exact) mass is 206 g/mol. The van der Waals surface area contributed by atoms with Crippen molar-refractivity contribution in [3.8, 4) is 0 Å². The third kappa shape index (κ3) is 3.63. The molecule has 2 heteroatoms. The van der Waals surface area contributed by atoms with Crippen LogP contribution in [-0.4, -0.2) is 18.1 Å². The van der Waals surface area contributed by atoms with Crippen LogP contribution in [0.15, 0.2) is 24.4 Å². The molecule has 0 radical (unpaired) electrons. The Morgan fingerprint density at radius 1 is 1.27 bits per heavy atom. The van der Waals surface area contributed by atoms with Gasteiger partial charge in [-0.3, -0.25) is 4.98 Å². The van der Waals surface area contributed by atoms with Crippen molar-refractivity contribution in [1.82, 2.24) is 10.3 Å². The molecule has 0 saturated heterocycles. The molecule has 0 amide bonds. The predicted molar refractivity (Wildman–Crippen MR) is 64.8 cm³/mol. The van der Waals surface area contributed by atoms with Gasteiger partial charge in [0, 0.05) is 24.4 Å². The summed E-state index contributed by atoms with van der Waals surface area (Å²) in [6, 6.07) is 6.62. The molecule has 1 aromatic heterocycles. The largest absolute Gasteiger partial charge is 0.316 e. The lowest BCUT2D eigenvalue weighted by Gasteiger charge is -2.26. The van der Waals surface area contributed by atoms with Gasteiger partial charge in [0.1, 0.15) is 0 Å². The van der Waals surface area contributed by atoms with E-state index in [4.69, 9.17) is 0 Å². The van der Waals surface area contributed by atoms with Crippen LogP contribution in [0.1, 0.15) is 26.5 Å². The Kier molecular flexibility index (Phi) is 4.76. The minimum absolute atomic E-state index is 0.514. The van der Waals surface area contributed by atoms with Crippen molar-refractivity contribution in [2.75, 3.05) is 7.05 Å². The van der Waals surface area contributed by atoms with E-state index in [9.17, 15) is 0 Å². The summed E-state index contributed by atoms with van der Waals surface area (Å²) in [6.45, 7) is 6.84. The van der Waals surface area contributed by atoms with Crippen molar-refractivity contribution in [1.29, 1.82) is 0 Å². The van der Waals surface area contributed by atoms with Gasteiger partial charge in [-0.05, 0) is 31.0 Å². The Labute approximate surface area is 93.1 Å². The van der Waals surface area contributed by atoms with Gasteiger partial charge in [0.05, 0.1) is 0 Å². The van der Waals surface area contributed by atoms with Crippen LogP contribution < -0.4 is 5.32 Å². The summed E-state index contributed by atoms with van der Waals surface area (Å²) in [5, 5.41) is 3.39. The van der Waals surface area contributed by atoms with Crippen LogP contribution in [0.5, 0.6) is 0 Å². The van der Waals surface area contributed by atoms with Gasteiger partial charge >= 0.3 is 0 Å². The zero-order valence-corrected chi connectivity index (χ0v) is 10.2. The van der Waals surface area contributed by atoms with Crippen LogP contribution in [0.4, 0.5) is 0 Å². The molecule has 0 aromatic carbocycles. The standard InChI is InChI=1S/C13H22N2/c1-10(2)11(3)13(14-4)9-12-7-5-6-8-15-12/h5-8,10-11,13-14H,9H2,1-4H3. The van der Waals surface area contributed by atoms with Gasteiger partial charge in [0.25, 0.3) is 0 Å². The minimum Gasteiger partial charge on any atom is -0.316 e. The Morgan fingerprint density at radius 3 is 2.47 bits per heavy atom. The zero-order chi connectivity index (χ0) is 11.3. The number of pyridine rings is 1. The van der Waals surface area contributed by atoms with E-state index >= 15 is 0 Å². The maximum Gasteiger partial charge on any atom is 0.0419 e. The lowest BCUT2D eigenvalue weighted by atomic mass is 9.88. The number of rotatable bonds is 5. The average Bonchev–Trinajstić information content (AvgIpc) is 2.26. The van der Waals surface area contributed by atoms with Crippen molar-refractivity contribution in [3.63, 3.8) is 0 Å². The van der Waals surface area contributed by atoms with E-state index in [0.717, 1.165) is 6.42 Å². The van der Waals surface area contributed by atoms with E-state index < -0.39 is 0 Å². The summed E-state index contributed by atoms with van der Waals surface area (Å²) in [5.41, 5.74) is 1.17. The first kappa shape index (κ1) is 12.2. The van der Waals surface area contributed by atoms with E-state index in [2.05, 4.69) is 43.2 Å². The maximum absolute atomic E-state index is 4.37. The summed E-state index contributed by atoms with van der Waals surface area (Å²) < 4.78 is 0. The number of nitrogens with one attached hydrogen (secondary N) is 1.